The van der Waals surface area contributed by atoms with Crippen LogP contribution in [0.2, 0.25) is 0 Å². The van der Waals surface area contributed by atoms with Gasteiger partial charge < -0.3 is 11.1 Å². The molecule has 1 amide bonds. The number of carbonyl (C=O) groups excluding carboxylic acids is 1. The predicted octanol–water partition coefficient (Wildman–Crippen LogP) is 1.42. The summed E-state index contributed by atoms with van der Waals surface area (Å²) in [6, 6.07) is 1.58. The summed E-state index contributed by atoms with van der Waals surface area (Å²) < 4.78 is 0. The molecule has 0 unspecified atom stereocenters. The maximum atomic E-state index is 11.0. The second-order valence-corrected chi connectivity index (χ2v) is 4.07. The Kier molecular flexibility index (Phi) is 4.00. The van der Waals surface area contributed by atoms with Crippen molar-refractivity contribution in [3.05, 3.63) is 37.9 Å². The van der Waals surface area contributed by atoms with Gasteiger partial charge in [-0.05, 0) is 13.8 Å². The second-order valence-electron chi connectivity index (χ2n) is 4.07. The fourth-order valence-corrected chi connectivity index (χ4v) is 1.48. The normalized spacial score (nSPS) is 10.3. The predicted molar refractivity (Wildman–Crippen MR) is 67.0 cm³/mol. The quantitative estimate of drug-likeness (QED) is 0.610. The summed E-state index contributed by atoms with van der Waals surface area (Å²) in [7, 11) is 0. The molecule has 0 aliphatic heterocycles. The summed E-state index contributed by atoms with van der Waals surface area (Å²) in [5, 5.41) is 24.5. The number of anilines is 1. The zero-order chi connectivity index (χ0) is 14.7. The molecule has 0 atom stereocenters. The van der Waals surface area contributed by atoms with Gasteiger partial charge in [0.1, 0.15) is 0 Å². The third-order valence-corrected chi connectivity index (χ3v) is 2.21. The first-order valence-corrected chi connectivity index (χ1v) is 5.27. The van der Waals surface area contributed by atoms with Crippen LogP contribution in [0.1, 0.15) is 24.2 Å². The number of carbonyl (C=O) groups is 1. The SMILES string of the molecule is CC(C)Nc1c([N+](=O)[O-])cc(C(N)=O)cc1[N+](=O)[O-]. The van der Waals surface area contributed by atoms with Crippen molar-refractivity contribution in [2.24, 2.45) is 5.73 Å². The van der Waals surface area contributed by atoms with Gasteiger partial charge in [0.15, 0.2) is 5.69 Å². The number of nitrogens with zero attached hydrogens (tertiary/aromatic N) is 2. The summed E-state index contributed by atoms with van der Waals surface area (Å²) in [5.41, 5.74) is 3.36. The van der Waals surface area contributed by atoms with Crippen LogP contribution < -0.4 is 11.1 Å². The van der Waals surface area contributed by atoms with Crippen LogP contribution in [0.3, 0.4) is 0 Å². The Balaban J connectivity index is 3.60. The minimum Gasteiger partial charge on any atom is -0.372 e. The molecule has 0 aliphatic carbocycles. The van der Waals surface area contributed by atoms with E-state index in [4.69, 9.17) is 5.73 Å². The van der Waals surface area contributed by atoms with Gasteiger partial charge in [-0.2, -0.15) is 0 Å². The van der Waals surface area contributed by atoms with Crippen molar-refractivity contribution in [3.8, 4) is 0 Å². The number of hydrogen-bond donors (Lipinski definition) is 2. The van der Waals surface area contributed by atoms with Gasteiger partial charge in [-0.15, -0.1) is 0 Å². The molecule has 1 aromatic carbocycles. The van der Waals surface area contributed by atoms with Gasteiger partial charge in [0, 0.05) is 18.2 Å². The summed E-state index contributed by atoms with van der Waals surface area (Å²) >= 11 is 0. The van der Waals surface area contributed by atoms with E-state index in [2.05, 4.69) is 5.32 Å². The molecule has 1 rings (SSSR count). The van der Waals surface area contributed by atoms with Crippen LogP contribution in [-0.2, 0) is 0 Å². The van der Waals surface area contributed by atoms with E-state index >= 15 is 0 Å². The van der Waals surface area contributed by atoms with Crippen molar-refractivity contribution in [2.75, 3.05) is 5.32 Å². The first-order chi connectivity index (χ1) is 8.73. The van der Waals surface area contributed by atoms with Crippen molar-refractivity contribution in [1.29, 1.82) is 0 Å². The number of nitro benzene ring substituents is 2. The Labute approximate surface area is 107 Å². The van der Waals surface area contributed by atoms with Crippen LogP contribution in [0.5, 0.6) is 0 Å². The molecule has 0 saturated carbocycles. The molecule has 0 aromatic heterocycles. The molecule has 19 heavy (non-hydrogen) atoms. The number of rotatable bonds is 5. The van der Waals surface area contributed by atoms with Crippen molar-refractivity contribution in [1.82, 2.24) is 0 Å². The van der Waals surface area contributed by atoms with Gasteiger partial charge >= 0.3 is 0 Å². The summed E-state index contributed by atoms with van der Waals surface area (Å²) in [5.74, 6) is -0.970. The molecule has 9 heteroatoms. The van der Waals surface area contributed by atoms with Gasteiger partial charge in [0.05, 0.1) is 15.4 Å². The zero-order valence-electron chi connectivity index (χ0n) is 10.2. The summed E-state index contributed by atoms with van der Waals surface area (Å²) in [4.78, 5) is 31.3. The van der Waals surface area contributed by atoms with Crippen LogP contribution in [0.4, 0.5) is 17.1 Å². The lowest BCUT2D eigenvalue weighted by Gasteiger charge is -2.11. The Morgan fingerprint density at radius 3 is 1.89 bits per heavy atom. The van der Waals surface area contributed by atoms with Gasteiger partial charge in [-0.3, -0.25) is 25.0 Å². The molecule has 0 fully saturated rings. The minimum atomic E-state index is -0.970. The highest BCUT2D eigenvalue weighted by molar-refractivity contribution is 5.96. The van der Waals surface area contributed by atoms with E-state index in [0.29, 0.717) is 0 Å². The Morgan fingerprint density at radius 1 is 1.21 bits per heavy atom. The Morgan fingerprint density at radius 2 is 1.63 bits per heavy atom. The van der Waals surface area contributed by atoms with Crippen LogP contribution in [-0.4, -0.2) is 21.8 Å². The zero-order valence-corrected chi connectivity index (χ0v) is 10.2. The molecule has 0 spiro atoms. The molecule has 9 nitrogen and oxygen atoms in total. The number of hydrogen-bond acceptors (Lipinski definition) is 6. The minimum absolute atomic E-state index is 0.241. The third-order valence-electron chi connectivity index (χ3n) is 2.21. The van der Waals surface area contributed by atoms with Gasteiger partial charge in [-0.25, -0.2) is 0 Å². The average molecular weight is 268 g/mol. The van der Waals surface area contributed by atoms with Crippen molar-refractivity contribution < 1.29 is 14.6 Å². The number of benzene rings is 1. The third kappa shape index (κ3) is 3.15. The van der Waals surface area contributed by atoms with Crippen molar-refractivity contribution in [2.45, 2.75) is 19.9 Å². The van der Waals surface area contributed by atoms with E-state index in [1.165, 1.54) is 0 Å². The molecule has 3 N–H and O–H groups in total. The molecular weight excluding hydrogens is 256 g/mol. The van der Waals surface area contributed by atoms with Crippen LogP contribution in [0.25, 0.3) is 0 Å². The molecule has 102 valence electrons. The van der Waals surface area contributed by atoms with E-state index < -0.39 is 27.1 Å². The molecule has 0 heterocycles. The van der Waals surface area contributed by atoms with Gasteiger partial charge in [-0.1, -0.05) is 0 Å². The highest BCUT2D eigenvalue weighted by Crippen LogP contribution is 2.36. The lowest BCUT2D eigenvalue weighted by Crippen LogP contribution is -2.16. The van der Waals surface area contributed by atoms with Crippen LogP contribution >= 0.6 is 0 Å². The van der Waals surface area contributed by atoms with E-state index in [9.17, 15) is 25.0 Å². The second kappa shape index (κ2) is 5.29. The lowest BCUT2D eigenvalue weighted by molar-refractivity contribution is -0.392. The maximum absolute atomic E-state index is 11.0. The molecular formula is C10H12N4O5. The molecule has 0 bridgehead atoms. The van der Waals surface area contributed by atoms with Crippen LogP contribution in [0.15, 0.2) is 12.1 Å². The van der Waals surface area contributed by atoms with E-state index in [1.54, 1.807) is 13.8 Å². The topological polar surface area (TPSA) is 141 Å². The molecule has 0 saturated heterocycles. The highest BCUT2D eigenvalue weighted by atomic mass is 16.6. The van der Waals surface area contributed by atoms with Crippen LogP contribution in [0, 0.1) is 20.2 Å². The fraction of sp³-hybridized carbons (Fsp3) is 0.300. The molecule has 0 radical (unpaired) electrons. The Hall–Kier alpha value is -2.71. The number of nitrogens with two attached hydrogens (primary N) is 1. The average Bonchev–Trinajstić information content (AvgIpc) is 2.27. The summed E-state index contributed by atoms with van der Waals surface area (Å²) in [6.45, 7) is 3.35. The highest BCUT2D eigenvalue weighted by Gasteiger charge is 2.28. The lowest BCUT2D eigenvalue weighted by atomic mass is 10.1. The maximum Gasteiger partial charge on any atom is 0.300 e. The first-order valence-electron chi connectivity index (χ1n) is 5.27. The Bertz CT molecular complexity index is 520. The fourth-order valence-electron chi connectivity index (χ4n) is 1.48. The first kappa shape index (κ1) is 14.4. The smallest absolute Gasteiger partial charge is 0.300 e. The van der Waals surface area contributed by atoms with E-state index in [-0.39, 0.29) is 17.3 Å². The molecule has 1 aromatic rings. The van der Waals surface area contributed by atoms with Gasteiger partial charge in [0.25, 0.3) is 11.4 Å². The molecule has 0 aliphatic rings. The number of primary amides is 1. The number of nitrogens with one attached hydrogen (secondary N) is 1. The summed E-state index contributed by atoms with van der Waals surface area (Å²) in [6.07, 6.45) is 0. The number of nitro groups is 2. The van der Waals surface area contributed by atoms with Crippen molar-refractivity contribution in [3.63, 3.8) is 0 Å². The van der Waals surface area contributed by atoms with Gasteiger partial charge in [0.2, 0.25) is 5.91 Å². The largest absolute Gasteiger partial charge is 0.372 e. The van der Waals surface area contributed by atoms with Crippen molar-refractivity contribution >= 4 is 23.0 Å². The van der Waals surface area contributed by atoms with E-state index in [1.807, 2.05) is 0 Å². The standard InChI is InChI=1S/C10H12N4O5/c1-5(2)12-9-7(13(16)17)3-6(10(11)15)4-8(9)14(18)19/h3-5,12H,1-2H3,(H2,11,15). The van der Waals surface area contributed by atoms with E-state index in [0.717, 1.165) is 12.1 Å². The monoisotopic (exact) mass is 268 g/mol. The number of amides is 1.